The third kappa shape index (κ3) is 2.61. The summed E-state index contributed by atoms with van der Waals surface area (Å²) in [7, 11) is -3.49. The molecule has 0 saturated carbocycles. The van der Waals surface area contributed by atoms with Crippen LogP contribution in [0, 0.1) is 0 Å². The van der Waals surface area contributed by atoms with Gasteiger partial charge in [-0.2, -0.15) is 0 Å². The van der Waals surface area contributed by atoms with Crippen LogP contribution in [0.3, 0.4) is 0 Å². The molecule has 3 rings (SSSR count). The van der Waals surface area contributed by atoms with Crippen molar-refractivity contribution < 1.29 is 18.0 Å². The summed E-state index contributed by atoms with van der Waals surface area (Å²) in [5, 5.41) is 0. The third-order valence-corrected chi connectivity index (χ3v) is 5.93. The Balaban J connectivity index is 1.71. The Morgan fingerprint density at radius 2 is 1.82 bits per heavy atom. The van der Waals surface area contributed by atoms with Crippen molar-refractivity contribution in [3.63, 3.8) is 0 Å². The van der Waals surface area contributed by atoms with Gasteiger partial charge in [-0.05, 0) is 31.4 Å². The Morgan fingerprint density at radius 1 is 1.09 bits per heavy atom. The van der Waals surface area contributed by atoms with Crippen LogP contribution in [-0.2, 0) is 14.6 Å². The number of carbonyl (C=O) groups is 2. The predicted octanol–water partition coefficient (Wildman–Crippen LogP) is 1.28. The van der Waals surface area contributed by atoms with Gasteiger partial charge in [0.25, 0.3) is 5.91 Å². The number of sulfone groups is 1. The lowest BCUT2D eigenvalue weighted by atomic mass is 10.0. The summed E-state index contributed by atoms with van der Waals surface area (Å²) in [5.74, 6) is -0.498. The lowest BCUT2D eigenvalue weighted by Crippen LogP contribution is -2.39. The fraction of sp³-hybridized carbons (Fsp3) is 0.467. The Kier molecular flexibility index (Phi) is 3.90. The average Bonchev–Trinajstić information content (AvgIpc) is 2.78. The molecule has 0 aromatic heterocycles. The normalized spacial score (nSPS) is 22.1. The number of urea groups is 1. The Labute approximate surface area is 129 Å². The molecule has 1 aromatic rings. The van der Waals surface area contributed by atoms with Crippen molar-refractivity contribution in [2.45, 2.75) is 30.2 Å². The molecule has 1 unspecified atom stereocenters. The van der Waals surface area contributed by atoms with Crippen LogP contribution in [-0.4, -0.2) is 55.0 Å². The first-order valence-electron chi connectivity index (χ1n) is 7.40. The molecule has 3 amide bonds. The van der Waals surface area contributed by atoms with Crippen LogP contribution >= 0.6 is 0 Å². The van der Waals surface area contributed by atoms with E-state index in [9.17, 15) is 18.0 Å². The smallest absolute Gasteiger partial charge is 0.312 e. The van der Waals surface area contributed by atoms with E-state index in [1.54, 1.807) is 23.1 Å². The van der Waals surface area contributed by atoms with Gasteiger partial charge in [-0.15, -0.1) is 0 Å². The van der Waals surface area contributed by atoms with Gasteiger partial charge >= 0.3 is 6.03 Å². The van der Waals surface area contributed by atoms with Crippen LogP contribution in [0.5, 0.6) is 0 Å². The van der Waals surface area contributed by atoms with Crippen LogP contribution in [0.2, 0.25) is 0 Å². The summed E-state index contributed by atoms with van der Waals surface area (Å²) < 4.78 is 24.5. The van der Waals surface area contributed by atoms with Crippen molar-refractivity contribution in [2.75, 3.05) is 18.8 Å². The average molecular weight is 322 g/mol. The van der Waals surface area contributed by atoms with Crippen LogP contribution in [0.1, 0.15) is 19.3 Å². The summed E-state index contributed by atoms with van der Waals surface area (Å²) in [6.07, 6.45) is 2.49. The number of hydrogen-bond acceptors (Lipinski definition) is 4. The molecule has 0 aliphatic carbocycles. The fourth-order valence-electron chi connectivity index (χ4n) is 3.01. The lowest BCUT2D eigenvalue weighted by molar-refractivity contribution is -0.128. The van der Waals surface area contributed by atoms with E-state index in [0.717, 1.165) is 17.7 Å². The molecule has 2 heterocycles. The van der Waals surface area contributed by atoms with E-state index in [0.29, 0.717) is 13.0 Å². The van der Waals surface area contributed by atoms with Gasteiger partial charge in [0.05, 0.1) is 10.6 Å². The molecule has 2 aliphatic heterocycles. The second-order valence-electron chi connectivity index (χ2n) is 5.61. The summed E-state index contributed by atoms with van der Waals surface area (Å²) in [4.78, 5) is 27.4. The first-order valence-corrected chi connectivity index (χ1v) is 9.06. The highest BCUT2D eigenvalue weighted by molar-refractivity contribution is 7.91. The highest BCUT2D eigenvalue weighted by Gasteiger charge is 2.45. The maximum absolute atomic E-state index is 12.3. The Hall–Kier alpha value is -1.89. The number of benzene rings is 1. The zero-order valence-electron chi connectivity index (χ0n) is 12.1. The van der Waals surface area contributed by atoms with Crippen molar-refractivity contribution in [3.8, 4) is 0 Å². The zero-order valence-corrected chi connectivity index (χ0v) is 13.0. The molecule has 0 bridgehead atoms. The topological polar surface area (TPSA) is 74.8 Å². The van der Waals surface area contributed by atoms with Gasteiger partial charge in [0.1, 0.15) is 6.04 Å². The number of piperidine rings is 1. The van der Waals surface area contributed by atoms with Gasteiger partial charge in [0.2, 0.25) is 0 Å². The molecule has 1 atom stereocenters. The summed E-state index contributed by atoms with van der Waals surface area (Å²) in [6.45, 7) is 0.499. The molecule has 7 heteroatoms. The van der Waals surface area contributed by atoms with E-state index in [1.165, 1.54) is 12.1 Å². The van der Waals surface area contributed by atoms with E-state index >= 15 is 0 Å². The molecule has 22 heavy (non-hydrogen) atoms. The Morgan fingerprint density at radius 3 is 2.50 bits per heavy atom. The van der Waals surface area contributed by atoms with Crippen LogP contribution < -0.4 is 0 Å². The quantitative estimate of drug-likeness (QED) is 0.783. The first kappa shape index (κ1) is 15.0. The van der Waals surface area contributed by atoms with E-state index < -0.39 is 9.84 Å². The highest BCUT2D eigenvalue weighted by atomic mass is 32.2. The molecular weight excluding hydrogens is 304 g/mol. The third-order valence-electron chi connectivity index (χ3n) is 4.22. The Bertz CT molecular complexity index is 663. The van der Waals surface area contributed by atoms with Crippen molar-refractivity contribution in [2.24, 2.45) is 0 Å². The van der Waals surface area contributed by atoms with Crippen molar-refractivity contribution in [1.82, 2.24) is 9.80 Å². The number of amides is 3. The molecule has 0 radical (unpaired) electrons. The fourth-order valence-corrected chi connectivity index (χ4v) is 4.24. The minimum absolute atomic E-state index is 0.0815. The maximum Gasteiger partial charge on any atom is 0.327 e. The number of carbonyl (C=O) groups excluding carboxylic acids is 2. The van der Waals surface area contributed by atoms with E-state index in [2.05, 4.69) is 0 Å². The molecule has 6 nitrogen and oxygen atoms in total. The van der Waals surface area contributed by atoms with Crippen LogP contribution in [0.4, 0.5) is 4.79 Å². The molecular formula is C15H18N2O4S. The van der Waals surface area contributed by atoms with Crippen molar-refractivity contribution in [3.05, 3.63) is 30.3 Å². The number of fused-ring (bicyclic) bond motifs is 1. The van der Waals surface area contributed by atoms with E-state index in [1.807, 2.05) is 0 Å². The van der Waals surface area contributed by atoms with Gasteiger partial charge in [-0.25, -0.2) is 13.2 Å². The largest absolute Gasteiger partial charge is 0.327 e. The number of rotatable bonds is 4. The minimum atomic E-state index is -3.49. The first-order chi connectivity index (χ1) is 10.5. The van der Waals surface area contributed by atoms with Gasteiger partial charge in [0, 0.05) is 13.1 Å². The molecule has 0 spiro atoms. The van der Waals surface area contributed by atoms with E-state index in [-0.39, 0.29) is 35.2 Å². The monoisotopic (exact) mass is 322 g/mol. The van der Waals surface area contributed by atoms with E-state index in [4.69, 9.17) is 0 Å². The lowest BCUT2D eigenvalue weighted by Gasteiger charge is -2.26. The van der Waals surface area contributed by atoms with Gasteiger partial charge < -0.3 is 4.90 Å². The summed E-state index contributed by atoms with van der Waals surface area (Å²) >= 11 is 0. The van der Waals surface area contributed by atoms with Gasteiger partial charge in [0.15, 0.2) is 9.84 Å². The SMILES string of the molecule is O=C1C2CCCCN2C(=O)N1CCS(=O)(=O)c1ccccc1. The number of nitrogens with zero attached hydrogens (tertiary/aromatic N) is 2. The number of hydrogen-bond donors (Lipinski definition) is 0. The maximum atomic E-state index is 12.3. The van der Waals surface area contributed by atoms with Crippen LogP contribution in [0.25, 0.3) is 0 Å². The molecule has 2 fully saturated rings. The number of imide groups is 1. The second kappa shape index (κ2) is 5.72. The minimum Gasteiger partial charge on any atom is -0.312 e. The molecule has 0 N–H and O–H groups in total. The van der Waals surface area contributed by atoms with Gasteiger partial charge in [-0.3, -0.25) is 9.69 Å². The summed E-state index contributed by atoms with van der Waals surface area (Å²) in [5.41, 5.74) is 0. The van der Waals surface area contributed by atoms with Gasteiger partial charge in [-0.1, -0.05) is 18.2 Å². The molecule has 2 saturated heterocycles. The molecule has 118 valence electrons. The predicted molar refractivity (Wildman–Crippen MR) is 79.9 cm³/mol. The zero-order chi connectivity index (χ0) is 15.7. The van der Waals surface area contributed by atoms with Crippen molar-refractivity contribution >= 4 is 21.8 Å². The van der Waals surface area contributed by atoms with Crippen LogP contribution in [0.15, 0.2) is 35.2 Å². The molecule has 1 aromatic carbocycles. The second-order valence-corrected chi connectivity index (χ2v) is 7.72. The standard InChI is InChI=1S/C15H18N2O4S/c18-14-13-8-4-5-9-16(13)15(19)17(14)10-11-22(20,21)12-6-2-1-3-7-12/h1-3,6-7,13H,4-5,8-11H2. The molecule has 2 aliphatic rings. The highest BCUT2D eigenvalue weighted by Crippen LogP contribution is 2.26. The summed E-state index contributed by atoms with van der Waals surface area (Å²) in [6, 6.07) is 7.35. The van der Waals surface area contributed by atoms with Crippen molar-refractivity contribution in [1.29, 1.82) is 0 Å².